The van der Waals surface area contributed by atoms with Crippen LogP contribution >= 0.6 is 0 Å². The van der Waals surface area contributed by atoms with Crippen LogP contribution in [0.15, 0.2) is 71.4 Å². The molecule has 0 spiro atoms. The van der Waals surface area contributed by atoms with Crippen molar-refractivity contribution in [3.63, 3.8) is 0 Å². The molecule has 2 aromatic heterocycles. The van der Waals surface area contributed by atoms with Gasteiger partial charge in [-0.25, -0.2) is 9.97 Å². The van der Waals surface area contributed by atoms with Gasteiger partial charge in [0.2, 0.25) is 23.6 Å². The zero-order valence-corrected chi connectivity index (χ0v) is 26.0. The van der Waals surface area contributed by atoms with E-state index in [0.29, 0.717) is 55.6 Å². The fourth-order valence-electron chi connectivity index (χ4n) is 5.30. The second-order valence-electron chi connectivity index (χ2n) is 11.6. The summed E-state index contributed by atoms with van der Waals surface area (Å²) in [6.07, 6.45) is 4.52. The van der Waals surface area contributed by atoms with E-state index < -0.39 is 11.9 Å². The first-order valence-electron chi connectivity index (χ1n) is 15.4. The number of carbonyl (C=O) groups is 3. The fraction of sp³-hybridized carbons (Fsp3) is 0.382. The lowest BCUT2D eigenvalue weighted by Crippen LogP contribution is -2.51. The third-order valence-electron chi connectivity index (χ3n) is 7.58. The van der Waals surface area contributed by atoms with Gasteiger partial charge in [-0.2, -0.15) is 0 Å². The Balaban J connectivity index is 1.36. The number of amides is 3. The standard InChI is InChI=1S/C34H40N6O5/c1-23(2)19-29-33(43)36-14-17-39-16-13-35-32(39)26-11-7-12-27(20-26)44-18-8-15-40(22-30(41)37-29)31(42)21-28-24(3)45-34(38-28)25-9-5-4-6-10-25/h4-7,9-13,16,20,23,29H,8,14-15,17-19,21-22H2,1-3H3,(H,36,43)(H,37,41)/t29-/m1/s1. The molecule has 0 saturated carbocycles. The highest BCUT2D eigenvalue weighted by Crippen LogP contribution is 2.24. The molecule has 45 heavy (non-hydrogen) atoms. The predicted molar refractivity (Wildman–Crippen MR) is 169 cm³/mol. The van der Waals surface area contributed by atoms with Crippen molar-refractivity contribution in [2.75, 3.05) is 26.2 Å². The van der Waals surface area contributed by atoms with E-state index in [1.807, 2.05) is 79.2 Å². The zero-order valence-electron chi connectivity index (χ0n) is 26.0. The van der Waals surface area contributed by atoms with Gasteiger partial charge in [-0.3, -0.25) is 14.4 Å². The number of nitrogens with one attached hydrogen (secondary N) is 2. The first kappa shape index (κ1) is 31.5. The summed E-state index contributed by atoms with van der Waals surface area (Å²) in [5.74, 6) is 1.65. The number of benzene rings is 2. The van der Waals surface area contributed by atoms with Crippen molar-refractivity contribution in [2.24, 2.45) is 5.92 Å². The molecule has 2 bridgehead atoms. The molecule has 0 fully saturated rings. The fourth-order valence-corrected chi connectivity index (χ4v) is 5.30. The number of oxazole rings is 1. The topological polar surface area (TPSA) is 132 Å². The highest BCUT2D eigenvalue weighted by Gasteiger charge is 2.26. The van der Waals surface area contributed by atoms with Crippen molar-refractivity contribution in [1.29, 1.82) is 0 Å². The highest BCUT2D eigenvalue weighted by molar-refractivity contribution is 5.90. The lowest BCUT2D eigenvalue weighted by Gasteiger charge is -2.25. The highest BCUT2D eigenvalue weighted by atomic mass is 16.5. The Morgan fingerprint density at radius 3 is 2.67 bits per heavy atom. The minimum absolute atomic E-state index is 0.0269. The van der Waals surface area contributed by atoms with Crippen molar-refractivity contribution in [3.8, 4) is 28.6 Å². The van der Waals surface area contributed by atoms with Crippen molar-refractivity contribution in [1.82, 2.24) is 30.1 Å². The summed E-state index contributed by atoms with van der Waals surface area (Å²) >= 11 is 0. The molecule has 1 atom stereocenters. The van der Waals surface area contributed by atoms with Crippen LogP contribution in [-0.4, -0.2) is 69.4 Å². The number of rotatable bonds is 5. The Hall–Kier alpha value is -4.93. The van der Waals surface area contributed by atoms with Crippen LogP contribution in [0.25, 0.3) is 22.8 Å². The summed E-state index contributed by atoms with van der Waals surface area (Å²) in [6, 6.07) is 16.4. The van der Waals surface area contributed by atoms with Gasteiger partial charge in [0.1, 0.15) is 23.4 Å². The molecule has 0 radical (unpaired) electrons. The largest absolute Gasteiger partial charge is 0.494 e. The second-order valence-corrected chi connectivity index (χ2v) is 11.6. The molecule has 3 amide bonds. The smallest absolute Gasteiger partial charge is 0.242 e. The van der Waals surface area contributed by atoms with Crippen LogP contribution in [-0.2, 0) is 27.3 Å². The summed E-state index contributed by atoms with van der Waals surface area (Å²) in [5.41, 5.74) is 2.22. The minimum Gasteiger partial charge on any atom is -0.494 e. The number of ether oxygens (including phenoxy) is 1. The Morgan fingerprint density at radius 1 is 1.07 bits per heavy atom. The van der Waals surface area contributed by atoms with E-state index in [0.717, 1.165) is 17.0 Å². The SMILES string of the molecule is Cc1oc(-c2ccccc2)nc1CC(=O)N1CCCOc2cccc(c2)-c2nccn2CCNC(=O)[C@@H](CC(C)C)NC(=O)C1. The normalized spacial score (nSPS) is 16.6. The van der Waals surface area contributed by atoms with Gasteiger partial charge < -0.3 is 29.3 Å². The lowest BCUT2D eigenvalue weighted by molar-refractivity contribution is -0.136. The van der Waals surface area contributed by atoms with Gasteiger partial charge in [0.25, 0.3) is 0 Å². The number of nitrogens with zero attached hydrogens (tertiary/aromatic N) is 4. The molecule has 2 N–H and O–H groups in total. The second kappa shape index (κ2) is 14.7. The molecular formula is C34H40N6O5. The summed E-state index contributed by atoms with van der Waals surface area (Å²) in [4.78, 5) is 50.8. The maximum atomic E-state index is 13.6. The van der Waals surface area contributed by atoms with Crippen LogP contribution < -0.4 is 15.4 Å². The molecule has 5 rings (SSSR count). The van der Waals surface area contributed by atoms with Gasteiger partial charge in [-0.15, -0.1) is 0 Å². The van der Waals surface area contributed by atoms with Gasteiger partial charge in [-0.05, 0) is 49.9 Å². The number of aromatic nitrogens is 3. The Kier molecular flexibility index (Phi) is 10.3. The average Bonchev–Trinajstić information content (AvgIpc) is 3.64. The summed E-state index contributed by atoms with van der Waals surface area (Å²) < 4.78 is 13.9. The van der Waals surface area contributed by atoms with Crippen molar-refractivity contribution >= 4 is 17.7 Å². The number of fused-ring (bicyclic) bond motifs is 4. The van der Waals surface area contributed by atoms with E-state index in [4.69, 9.17) is 9.15 Å². The summed E-state index contributed by atoms with van der Waals surface area (Å²) in [5, 5.41) is 5.84. The van der Waals surface area contributed by atoms with Crippen LogP contribution in [0, 0.1) is 12.8 Å². The Labute approximate surface area is 263 Å². The molecule has 1 aliphatic rings. The molecule has 3 heterocycles. The number of carbonyl (C=O) groups excluding carboxylic acids is 3. The molecule has 2 aromatic carbocycles. The van der Waals surface area contributed by atoms with Crippen LogP contribution in [0.2, 0.25) is 0 Å². The number of imidazole rings is 1. The molecule has 0 unspecified atom stereocenters. The van der Waals surface area contributed by atoms with Crippen LogP contribution in [0.4, 0.5) is 0 Å². The molecule has 11 nitrogen and oxygen atoms in total. The zero-order chi connectivity index (χ0) is 31.8. The van der Waals surface area contributed by atoms with E-state index in [1.165, 1.54) is 4.90 Å². The number of hydrogen-bond donors (Lipinski definition) is 2. The first-order chi connectivity index (χ1) is 21.8. The van der Waals surface area contributed by atoms with Crippen molar-refractivity contribution in [2.45, 2.75) is 52.6 Å². The lowest BCUT2D eigenvalue weighted by atomic mass is 10.0. The molecular weight excluding hydrogens is 572 g/mol. The summed E-state index contributed by atoms with van der Waals surface area (Å²) in [6.45, 7) is 7.05. The maximum absolute atomic E-state index is 13.6. The molecule has 236 valence electrons. The van der Waals surface area contributed by atoms with Gasteiger partial charge >= 0.3 is 0 Å². The van der Waals surface area contributed by atoms with E-state index in [1.54, 1.807) is 13.1 Å². The van der Waals surface area contributed by atoms with E-state index >= 15 is 0 Å². The number of aryl methyl sites for hydroxylation is 1. The maximum Gasteiger partial charge on any atom is 0.242 e. The molecule has 4 aromatic rings. The first-order valence-corrected chi connectivity index (χ1v) is 15.4. The monoisotopic (exact) mass is 612 g/mol. The third kappa shape index (κ3) is 8.37. The van der Waals surface area contributed by atoms with E-state index in [-0.39, 0.29) is 37.2 Å². The predicted octanol–water partition coefficient (Wildman–Crippen LogP) is 4.01. The minimum atomic E-state index is -0.734. The Morgan fingerprint density at radius 2 is 1.87 bits per heavy atom. The van der Waals surface area contributed by atoms with Crippen molar-refractivity contribution < 1.29 is 23.5 Å². The molecule has 11 heteroatoms. The Bertz CT molecular complexity index is 1610. The third-order valence-corrected chi connectivity index (χ3v) is 7.58. The van der Waals surface area contributed by atoms with Gasteiger partial charge in [0.05, 0.1) is 25.3 Å². The van der Waals surface area contributed by atoms with Gasteiger partial charge in [0.15, 0.2) is 0 Å². The quantitative estimate of drug-likeness (QED) is 0.348. The van der Waals surface area contributed by atoms with Gasteiger partial charge in [0, 0.05) is 43.2 Å². The van der Waals surface area contributed by atoms with Gasteiger partial charge in [-0.1, -0.05) is 44.2 Å². The summed E-state index contributed by atoms with van der Waals surface area (Å²) in [7, 11) is 0. The van der Waals surface area contributed by atoms with E-state index in [9.17, 15) is 14.4 Å². The molecule has 0 saturated heterocycles. The molecule has 0 aliphatic carbocycles. The van der Waals surface area contributed by atoms with Crippen LogP contribution in [0.5, 0.6) is 5.75 Å². The van der Waals surface area contributed by atoms with E-state index in [2.05, 4.69) is 20.6 Å². The van der Waals surface area contributed by atoms with Crippen LogP contribution in [0.3, 0.4) is 0 Å². The van der Waals surface area contributed by atoms with Crippen LogP contribution in [0.1, 0.15) is 38.1 Å². The number of hydrogen-bond acceptors (Lipinski definition) is 7. The van der Waals surface area contributed by atoms with Crippen molar-refractivity contribution in [3.05, 3.63) is 78.4 Å². The average molecular weight is 613 g/mol. The molecule has 1 aliphatic heterocycles.